The molecule has 8 heteroatoms. The van der Waals surface area contributed by atoms with Gasteiger partial charge in [-0.1, -0.05) is 23.7 Å². The summed E-state index contributed by atoms with van der Waals surface area (Å²) >= 11 is 5.72. The summed E-state index contributed by atoms with van der Waals surface area (Å²) in [5, 5.41) is 5.71. The minimum absolute atomic E-state index is 0.0904. The van der Waals surface area contributed by atoms with Crippen LogP contribution in [0.25, 0.3) is 0 Å². The van der Waals surface area contributed by atoms with Crippen molar-refractivity contribution in [3.8, 4) is 0 Å². The monoisotopic (exact) mass is 359 g/mol. The molecule has 130 valence electrons. The molecule has 0 aliphatic carbocycles. The third kappa shape index (κ3) is 3.56. The fourth-order valence-electron chi connectivity index (χ4n) is 2.28. The van der Waals surface area contributed by atoms with Crippen LogP contribution >= 0.6 is 11.6 Å². The molecule has 1 amide bonds. The van der Waals surface area contributed by atoms with Gasteiger partial charge in [-0.25, -0.2) is 0 Å². The second kappa shape index (κ2) is 6.47. The molecule has 2 aromatic rings. The van der Waals surface area contributed by atoms with Crippen molar-refractivity contribution in [2.75, 3.05) is 5.32 Å². The van der Waals surface area contributed by atoms with E-state index in [-0.39, 0.29) is 5.69 Å². The van der Waals surface area contributed by atoms with E-state index in [1.165, 1.54) is 13.8 Å². The molecule has 0 bridgehead atoms. The number of hydrogen-bond donors (Lipinski definition) is 1. The van der Waals surface area contributed by atoms with Crippen molar-refractivity contribution in [1.82, 2.24) is 9.78 Å². The van der Waals surface area contributed by atoms with Gasteiger partial charge in [-0.15, -0.1) is 0 Å². The standard InChI is InChI=1S/C16H17ClF3N3O/c1-8-5-6-9(2)12(7-8)21-15(24)11(4)23-10(3)13(17)14(22-23)16(18,19)20/h5-7,11H,1-4H3,(H,21,24). The smallest absolute Gasteiger partial charge is 0.324 e. The quantitative estimate of drug-likeness (QED) is 0.864. The van der Waals surface area contributed by atoms with Gasteiger partial charge in [0.1, 0.15) is 6.04 Å². The van der Waals surface area contributed by atoms with E-state index < -0.39 is 28.8 Å². The van der Waals surface area contributed by atoms with E-state index in [2.05, 4.69) is 10.4 Å². The highest BCUT2D eigenvalue weighted by Gasteiger charge is 2.39. The van der Waals surface area contributed by atoms with Crippen LogP contribution in [-0.4, -0.2) is 15.7 Å². The zero-order valence-corrected chi connectivity index (χ0v) is 14.4. The van der Waals surface area contributed by atoms with Crippen LogP contribution in [0, 0.1) is 20.8 Å². The summed E-state index contributed by atoms with van der Waals surface area (Å²) in [6, 6.07) is 4.61. The van der Waals surface area contributed by atoms with Gasteiger partial charge in [0.15, 0.2) is 5.69 Å². The molecule has 1 aromatic carbocycles. The van der Waals surface area contributed by atoms with Gasteiger partial charge < -0.3 is 5.32 Å². The molecule has 1 aromatic heterocycles. The van der Waals surface area contributed by atoms with Crippen molar-refractivity contribution < 1.29 is 18.0 Å². The number of rotatable bonds is 3. The summed E-state index contributed by atoms with van der Waals surface area (Å²) in [6.45, 7) is 6.58. The molecule has 4 nitrogen and oxygen atoms in total. The summed E-state index contributed by atoms with van der Waals surface area (Å²) in [7, 11) is 0. The maximum absolute atomic E-state index is 12.9. The molecule has 2 rings (SSSR count). The van der Waals surface area contributed by atoms with Gasteiger partial charge in [0.05, 0.1) is 10.7 Å². The van der Waals surface area contributed by atoms with Crippen molar-refractivity contribution in [2.24, 2.45) is 0 Å². The van der Waals surface area contributed by atoms with Crippen molar-refractivity contribution >= 4 is 23.2 Å². The first kappa shape index (κ1) is 18.3. The number of amides is 1. The Morgan fingerprint density at radius 1 is 1.29 bits per heavy atom. The lowest BCUT2D eigenvalue weighted by atomic mass is 10.1. The number of carbonyl (C=O) groups is 1. The molecule has 24 heavy (non-hydrogen) atoms. The number of benzene rings is 1. The Bertz CT molecular complexity index is 784. The predicted molar refractivity (Wildman–Crippen MR) is 86.2 cm³/mol. The van der Waals surface area contributed by atoms with Crippen LogP contribution in [0.2, 0.25) is 5.02 Å². The molecule has 0 radical (unpaired) electrons. The summed E-state index contributed by atoms with van der Waals surface area (Å²) in [5.74, 6) is -0.473. The number of aryl methyl sites for hydroxylation is 2. The number of nitrogens with one attached hydrogen (secondary N) is 1. The Hall–Kier alpha value is -2.02. The summed E-state index contributed by atoms with van der Waals surface area (Å²) in [5.41, 5.74) is 1.33. The molecule has 0 saturated heterocycles. The topological polar surface area (TPSA) is 46.9 Å². The van der Waals surface area contributed by atoms with Crippen LogP contribution in [0.15, 0.2) is 18.2 Å². The number of anilines is 1. The van der Waals surface area contributed by atoms with E-state index >= 15 is 0 Å². The van der Waals surface area contributed by atoms with Crippen molar-refractivity contribution in [1.29, 1.82) is 0 Å². The Morgan fingerprint density at radius 3 is 2.46 bits per heavy atom. The predicted octanol–water partition coefficient (Wildman–Crippen LogP) is 4.68. The summed E-state index contributed by atoms with van der Waals surface area (Å²) < 4.78 is 39.7. The van der Waals surface area contributed by atoms with Gasteiger partial charge >= 0.3 is 6.18 Å². The fourth-order valence-corrected chi connectivity index (χ4v) is 2.51. The first-order valence-electron chi connectivity index (χ1n) is 7.22. The van der Waals surface area contributed by atoms with Gasteiger partial charge in [-0.05, 0) is 44.9 Å². The average Bonchev–Trinajstić information content (AvgIpc) is 2.78. The van der Waals surface area contributed by atoms with Crippen molar-refractivity contribution in [3.05, 3.63) is 45.7 Å². The van der Waals surface area contributed by atoms with Crippen LogP contribution in [0.5, 0.6) is 0 Å². The molecule has 1 heterocycles. The van der Waals surface area contributed by atoms with E-state index in [1.54, 1.807) is 6.07 Å². The zero-order valence-electron chi connectivity index (χ0n) is 13.6. The van der Waals surface area contributed by atoms with E-state index in [9.17, 15) is 18.0 Å². The molecule has 0 aliphatic heterocycles. The number of halogens is 4. The Labute approximate surface area is 142 Å². The van der Waals surface area contributed by atoms with Gasteiger partial charge in [0.25, 0.3) is 0 Å². The highest BCUT2D eigenvalue weighted by atomic mass is 35.5. The fraction of sp³-hybridized carbons (Fsp3) is 0.375. The molecule has 0 aliphatic rings. The minimum Gasteiger partial charge on any atom is -0.324 e. The molecule has 1 N–H and O–H groups in total. The van der Waals surface area contributed by atoms with E-state index in [4.69, 9.17) is 11.6 Å². The maximum Gasteiger partial charge on any atom is 0.436 e. The second-order valence-electron chi connectivity index (χ2n) is 5.67. The molecule has 0 fully saturated rings. The normalized spacial score (nSPS) is 13.0. The van der Waals surface area contributed by atoms with Gasteiger partial charge in [0, 0.05) is 5.69 Å². The lowest BCUT2D eigenvalue weighted by molar-refractivity contribution is -0.141. The number of hydrogen-bond acceptors (Lipinski definition) is 2. The summed E-state index contributed by atoms with van der Waals surface area (Å²) in [4.78, 5) is 12.4. The highest BCUT2D eigenvalue weighted by molar-refractivity contribution is 6.32. The molecular formula is C16H17ClF3N3O. The van der Waals surface area contributed by atoms with E-state index in [1.807, 2.05) is 26.0 Å². The van der Waals surface area contributed by atoms with Crippen LogP contribution in [0.3, 0.4) is 0 Å². The van der Waals surface area contributed by atoms with Gasteiger partial charge in [-0.2, -0.15) is 18.3 Å². The Kier molecular flexibility index (Phi) is 4.94. The lowest BCUT2D eigenvalue weighted by Crippen LogP contribution is -2.26. The minimum atomic E-state index is -4.67. The van der Waals surface area contributed by atoms with Gasteiger partial charge in [-0.3, -0.25) is 9.48 Å². The van der Waals surface area contributed by atoms with Crippen LogP contribution in [0.4, 0.5) is 18.9 Å². The van der Waals surface area contributed by atoms with Crippen molar-refractivity contribution in [2.45, 2.75) is 39.9 Å². The average molecular weight is 360 g/mol. The first-order valence-corrected chi connectivity index (χ1v) is 7.60. The SMILES string of the molecule is Cc1ccc(C)c(NC(=O)C(C)n2nc(C(F)(F)F)c(Cl)c2C)c1. The van der Waals surface area contributed by atoms with Crippen molar-refractivity contribution in [3.63, 3.8) is 0 Å². The molecular weight excluding hydrogens is 343 g/mol. The lowest BCUT2D eigenvalue weighted by Gasteiger charge is -2.16. The molecule has 0 spiro atoms. The molecule has 1 unspecified atom stereocenters. The third-order valence-electron chi connectivity index (χ3n) is 3.74. The van der Waals surface area contributed by atoms with Crippen LogP contribution in [-0.2, 0) is 11.0 Å². The first-order chi connectivity index (χ1) is 11.0. The van der Waals surface area contributed by atoms with Gasteiger partial charge in [0.2, 0.25) is 5.91 Å². The maximum atomic E-state index is 12.9. The third-order valence-corrected chi connectivity index (χ3v) is 4.20. The van der Waals surface area contributed by atoms with E-state index in [0.29, 0.717) is 5.69 Å². The highest BCUT2D eigenvalue weighted by Crippen LogP contribution is 2.36. The van der Waals surface area contributed by atoms with Crippen LogP contribution in [0.1, 0.15) is 35.5 Å². The zero-order chi connectivity index (χ0) is 18.2. The largest absolute Gasteiger partial charge is 0.436 e. The Balaban J connectivity index is 2.30. The summed E-state index contributed by atoms with van der Waals surface area (Å²) in [6.07, 6.45) is -4.67. The van der Waals surface area contributed by atoms with Crippen LogP contribution < -0.4 is 5.32 Å². The Morgan fingerprint density at radius 2 is 1.92 bits per heavy atom. The molecule has 0 saturated carbocycles. The number of aromatic nitrogens is 2. The number of carbonyl (C=O) groups excluding carboxylic acids is 1. The van der Waals surface area contributed by atoms with E-state index in [0.717, 1.165) is 15.8 Å². The number of nitrogens with zero attached hydrogens (tertiary/aromatic N) is 2. The molecule has 1 atom stereocenters. The number of alkyl halides is 3. The second-order valence-corrected chi connectivity index (χ2v) is 6.05.